The van der Waals surface area contributed by atoms with Crippen LogP contribution >= 0.6 is 0 Å². The first-order valence-electron chi connectivity index (χ1n) is 10.0. The van der Waals surface area contributed by atoms with Crippen molar-refractivity contribution in [3.63, 3.8) is 0 Å². The molecule has 1 saturated heterocycles. The topological polar surface area (TPSA) is 52.7 Å². The highest BCUT2D eigenvalue weighted by molar-refractivity contribution is 5.96. The van der Waals surface area contributed by atoms with E-state index < -0.39 is 0 Å². The van der Waals surface area contributed by atoms with Crippen LogP contribution in [0.15, 0.2) is 42.5 Å². The Morgan fingerprint density at radius 2 is 1.89 bits per heavy atom. The maximum atomic E-state index is 12.7. The zero-order valence-electron chi connectivity index (χ0n) is 16.6. The van der Waals surface area contributed by atoms with Crippen LogP contribution in [0.25, 0.3) is 0 Å². The third-order valence-electron chi connectivity index (χ3n) is 5.81. The van der Waals surface area contributed by atoms with Gasteiger partial charge in [-0.1, -0.05) is 29.8 Å². The number of carbonyl (C=O) groups excluding carboxylic acids is 2. The molecule has 2 aliphatic heterocycles. The lowest BCUT2D eigenvalue weighted by molar-refractivity contribution is -0.118. The van der Waals surface area contributed by atoms with Crippen molar-refractivity contribution in [2.24, 2.45) is 0 Å². The molecule has 2 aromatic rings. The predicted molar refractivity (Wildman–Crippen MR) is 112 cm³/mol. The third-order valence-corrected chi connectivity index (χ3v) is 5.81. The van der Waals surface area contributed by atoms with Crippen LogP contribution < -0.4 is 10.2 Å². The van der Waals surface area contributed by atoms with E-state index in [0.29, 0.717) is 19.1 Å². The van der Waals surface area contributed by atoms with Crippen LogP contribution in [0.3, 0.4) is 0 Å². The first-order chi connectivity index (χ1) is 13.5. The van der Waals surface area contributed by atoms with Crippen LogP contribution in [0.1, 0.15) is 42.5 Å². The summed E-state index contributed by atoms with van der Waals surface area (Å²) in [7, 11) is 0. The van der Waals surface area contributed by atoms with E-state index in [4.69, 9.17) is 0 Å². The number of nitrogens with one attached hydrogen (secondary N) is 1. The summed E-state index contributed by atoms with van der Waals surface area (Å²) in [5.41, 5.74) is 5.43. The van der Waals surface area contributed by atoms with Crippen LogP contribution in [-0.4, -0.2) is 36.3 Å². The molecule has 2 amide bonds. The quantitative estimate of drug-likeness (QED) is 0.884. The van der Waals surface area contributed by atoms with Gasteiger partial charge in [-0.25, -0.2) is 0 Å². The summed E-state index contributed by atoms with van der Waals surface area (Å²) in [6, 6.07) is 14.8. The minimum absolute atomic E-state index is 0.0142. The van der Waals surface area contributed by atoms with Crippen molar-refractivity contribution in [2.45, 2.75) is 39.2 Å². The monoisotopic (exact) mass is 377 g/mol. The molecule has 1 atom stereocenters. The van der Waals surface area contributed by atoms with E-state index in [1.165, 1.54) is 11.1 Å². The zero-order valence-corrected chi connectivity index (χ0v) is 16.6. The highest BCUT2D eigenvalue weighted by Crippen LogP contribution is 2.32. The summed E-state index contributed by atoms with van der Waals surface area (Å²) in [5.74, 6) is 0.0760. The highest BCUT2D eigenvalue weighted by Gasteiger charge is 2.28. The Bertz CT molecular complexity index is 891. The predicted octanol–water partition coefficient (Wildman–Crippen LogP) is 3.68. The Hall–Kier alpha value is -2.66. The molecular formula is C23H27N3O2. The number of benzene rings is 2. The minimum atomic E-state index is 0.0142. The molecule has 1 fully saturated rings. The Labute approximate surface area is 166 Å². The summed E-state index contributed by atoms with van der Waals surface area (Å²) in [4.78, 5) is 28.4. The van der Waals surface area contributed by atoms with Crippen molar-refractivity contribution in [1.29, 1.82) is 0 Å². The van der Waals surface area contributed by atoms with Gasteiger partial charge in [0.1, 0.15) is 0 Å². The number of likely N-dealkylation sites (tertiary alicyclic amines) is 1. The molecule has 0 aromatic heterocycles. The van der Waals surface area contributed by atoms with E-state index in [1.54, 1.807) is 11.8 Å². The molecule has 0 unspecified atom stereocenters. The van der Waals surface area contributed by atoms with Crippen LogP contribution in [0.4, 0.5) is 11.4 Å². The summed E-state index contributed by atoms with van der Waals surface area (Å²) in [5, 5.41) is 3.04. The Morgan fingerprint density at radius 1 is 1.11 bits per heavy atom. The lowest BCUT2D eigenvalue weighted by Crippen LogP contribution is -2.33. The number of rotatable bonds is 4. The van der Waals surface area contributed by atoms with Gasteiger partial charge in [-0.05, 0) is 62.1 Å². The summed E-state index contributed by atoms with van der Waals surface area (Å²) in [6.45, 7) is 5.74. The fourth-order valence-electron chi connectivity index (χ4n) is 4.37. The van der Waals surface area contributed by atoms with Crippen molar-refractivity contribution in [3.05, 3.63) is 59.2 Å². The maximum absolute atomic E-state index is 12.7. The molecule has 2 heterocycles. The van der Waals surface area contributed by atoms with E-state index in [0.717, 1.165) is 42.7 Å². The van der Waals surface area contributed by atoms with E-state index in [2.05, 4.69) is 41.4 Å². The molecule has 0 spiro atoms. The van der Waals surface area contributed by atoms with Crippen LogP contribution in [-0.2, 0) is 16.0 Å². The SMILES string of the molecule is CC(=O)N1CCc2cc(NC(=O)CN3CCC[C@@H]3c3ccc(C)cc3)ccc21. The molecule has 0 radical (unpaired) electrons. The molecular weight excluding hydrogens is 350 g/mol. The standard InChI is InChI=1S/C23H27N3O2/c1-16-5-7-18(8-6-16)21-4-3-12-25(21)15-23(28)24-20-9-10-22-19(14-20)11-13-26(22)17(2)27/h5-10,14,21H,3-4,11-13,15H2,1-2H3,(H,24,28)/t21-/m1/s1. The fraction of sp³-hybridized carbons (Fsp3) is 0.391. The van der Waals surface area contributed by atoms with Crippen LogP contribution in [0, 0.1) is 6.92 Å². The molecule has 2 aromatic carbocycles. The van der Waals surface area contributed by atoms with E-state index in [1.807, 2.05) is 18.2 Å². The smallest absolute Gasteiger partial charge is 0.238 e. The van der Waals surface area contributed by atoms with E-state index >= 15 is 0 Å². The van der Waals surface area contributed by atoms with Gasteiger partial charge in [0.2, 0.25) is 11.8 Å². The number of fused-ring (bicyclic) bond motifs is 1. The van der Waals surface area contributed by atoms with E-state index in [-0.39, 0.29) is 11.8 Å². The molecule has 1 N–H and O–H groups in total. The van der Waals surface area contributed by atoms with Gasteiger partial charge >= 0.3 is 0 Å². The number of aryl methyl sites for hydroxylation is 1. The molecule has 28 heavy (non-hydrogen) atoms. The molecule has 5 heteroatoms. The lowest BCUT2D eigenvalue weighted by atomic mass is 10.0. The normalized spacial score (nSPS) is 18.9. The summed E-state index contributed by atoms with van der Waals surface area (Å²) in [6.07, 6.45) is 3.04. The second-order valence-corrected chi connectivity index (χ2v) is 7.85. The average molecular weight is 377 g/mol. The van der Waals surface area contributed by atoms with Crippen molar-refractivity contribution in [3.8, 4) is 0 Å². The number of hydrogen-bond donors (Lipinski definition) is 1. The van der Waals surface area contributed by atoms with Gasteiger partial charge in [0.15, 0.2) is 0 Å². The van der Waals surface area contributed by atoms with Crippen molar-refractivity contribution < 1.29 is 9.59 Å². The van der Waals surface area contributed by atoms with Crippen molar-refractivity contribution in [2.75, 3.05) is 29.9 Å². The van der Waals surface area contributed by atoms with E-state index in [9.17, 15) is 9.59 Å². The first kappa shape index (κ1) is 18.7. The molecule has 0 saturated carbocycles. The Morgan fingerprint density at radius 3 is 2.64 bits per heavy atom. The number of carbonyl (C=O) groups is 2. The largest absolute Gasteiger partial charge is 0.325 e. The molecule has 5 nitrogen and oxygen atoms in total. The highest BCUT2D eigenvalue weighted by atomic mass is 16.2. The van der Waals surface area contributed by atoms with Gasteiger partial charge in [0.05, 0.1) is 6.54 Å². The summed E-state index contributed by atoms with van der Waals surface area (Å²) >= 11 is 0. The van der Waals surface area contributed by atoms with Gasteiger partial charge in [-0.3, -0.25) is 14.5 Å². The van der Waals surface area contributed by atoms with Crippen LogP contribution in [0.5, 0.6) is 0 Å². The van der Waals surface area contributed by atoms with Crippen molar-refractivity contribution in [1.82, 2.24) is 4.90 Å². The van der Waals surface area contributed by atoms with Crippen molar-refractivity contribution >= 4 is 23.2 Å². The second kappa shape index (κ2) is 7.76. The minimum Gasteiger partial charge on any atom is -0.325 e. The second-order valence-electron chi connectivity index (χ2n) is 7.85. The molecule has 0 bridgehead atoms. The Balaban J connectivity index is 1.40. The molecule has 146 valence electrons. The lowest BCUT2D eigenvalue weighted by Gasteiger charge is -2.24. The number of nitrogens with zero attached hydrogens (tertiary/aromatic N) is 2. The summed E-state index contributed by atoms with van der Waals surface area (Å²) < 4.78 is 0. The molecule has 4 rings (SSSR count). The van der Waals surface area contributed by atoms with Gasteiger partial charge in [0, 0.05) is 30.9 Å². The average Bonchev–Trinajstić information content (AvgIpc) is 3.29. The number of anilines is 2. The number of amides is 2. The molecule has 2 aliphatic rings. The number of hydrogen-bond acceptors (Lipinski definition) is 3. The fourth-order valence-corrected chi connectivity index (χ4v) is 4.37. The van der Waals surface area contributed by atoms with Crippen LogP contribution in [0.2, 0.25) is 0 Å². The molecule has 0 aliphatic carbocycles. The maximum Gasteiger partial charge on any atom is 0.238 e. The Kier molecular flexibility index (Phi) is 5.18. The third kappa shape index (κ3) is 3.80. The van der Waals surface area contributed by atoms with Gasteiger partial charge < -0.3 is 10.2 Å². The van der Waals surface area contributed by atoms with Gasteiger partial charge in [-0.2, -0.15) is 0 Å². The van der Waals surface area contributed by atoms with Gasteiger partial charge in [0.25, 0.3) is 0 Å². The first-order valence-corrected chi connectivity index (χ1v) is 10.0. The van der Waals surface area contributed by atoms with Gasteiger partial charge in [-0.15, -0.1) is 0 Å². The zero-order chi connectivity index (χ0) is 19.7.